The van der Waals surface area contributed by atoms with Crippen LogP contribution in [0.5, 0.6) is 0 Å². The van der Waals surface area contributed by atoms with E-state index in [4.69, 9.17) is 13.9 Å². The Morgan fingerprint density at radius 3 is 2.28 bits per heavy atom. The summed E-state index contributed by atoms with van der Waals surface area (Å²) in [6.45, 7) is 10.5. The van der Waals surface area contributed by atoms with Crippen LogP contribution >= 0.6 is 12.4 Å². The van der Waals surface area contributed by atoms with Gasteiger partial charge in [-0.25, -0.2) is 9.59 Å². The minimum atomic E-state index is -0.922. The quantitative estimate of drug-likeness (QED) is 0.249. The maximum absolute atomic E-state index is 13.6. The third-order valence-electron chi connectivity index (χ3n) is 7.44. The van der Waals surface area contributed by atoms with Gasteiger partial charge >= 0.3 is 11.9 Å². The zero-order valence-electron chi connectivity index (χ0n) is 24.9. The van der Waals surface area contributed by atoms with Gasteiger partial charge in [-0.2, -0.15) is 0 Å². The number of furan rings is 1. The van der Waals surface area contributed by atoms with Crippen LogP contribution in [0, 0.1) is 15.5 Å². The summed E-state index contributed by atoms with van der Waals surface area (Å²) in [6.07, 6.45) is 1.48. The van der Waals surface area contributed by atoms with E-state index >= 15 is 0 Å². The maximum Gasteiger partial charge on any atom is 0.336 e. The van der Waals surface area contributed by atoms with Crippen LogP contribution in [-0.4, -0.2) is 79.0 Å². The summed E-state index contributed by atoms with van der Waals surface area (Å²) in [5.74, 6) is -2.02. The van der Waals surface area contributed by atoms with Gasteiger partial charge in [-0.05, 0) is 31.5 Å². The van der Waals surface area contributed by atoms with Crippen LogP contribution in [0.2, 0.25) is 0 Å². The number of ether oxygens (including phenoxy) is 2. The van der Waals surface area contributed by atoms with E-state index in [0.29, 0.717) is 55.4 Å². The van der Waals surface area contributed by atoms with Gasteiger partial charge < -0.3 is 24.1 Å². The molecule has 1 aromatic carbocycles. The topological polar surface area (TPSA) is 144 Å². The number of nitro benzene ring substituents is 1. The number of rotatable bonds is 9. The Bertz CT molecular complexity index is 1430. The molecule has 2 aliphatic heterocycles. The minimum Gasteiger partial charge on any atom is -0.466 e. The van der Waals surface area contributed by atoms with Gasteiger partial charge in [0.05, 0.1) is 42.0 Å². The van der Waals surface area contributed by atoms with Gasteiger partial charge in [0, 0.05) is 61.7 Å². The molecule has 4 rings (SSSR count). The number of non-ortho nitro benzene ring substituents is 1. The van der Waals surface area contributed by atoms with Crippen molar-refractivity contribution in [3.05, 3.63) is 86.6 Å². The van der Waals surface area contributed by atoms with Crippen LogP contribution in [0.15, 0.2) is 69.6 Å². The van der Waals surface area contributed by atoms with Crippen molar-refractivity contribution in [3.8, 4) is 0 Å². The largest absolute Gasteiger partial charge is 0.466 e. The Balaban J connectivity index is 0.00000506. The summed E-state index contributed by atoms with van der Waals surface area (Å²) < 4.78 is 16.1. The Morgan fingerprint density at radius 2 is 1.70 bits per heavy atom. The third kappa shape index (κ3) is 7.63. The van der Waals surface area contributed by atoms with E-state index in [-0.39, 0.29) is 41.8 Å². The number of esters is 2. The molecule has 0 bridgehead atoms. The SMILES string of the molecule is COC(=O)C1=C(C)NC(C)=C(C(=O)OCC(C)(C)CN2CCN(C(=O)c3ccco3)CC2)C1c1cccc([N+](=O)[O-])c1.Cl. The molecule has 0 aliphatic carbocycles. The van der Waals surface area contributed by atoms with Crippen molar-refractivity contribution in [2.24, 2.45) is 5.41 Å². The van der Waals surface area contributed by atoms with Crippen molar-refractivity contribution in [2.75, 3.05) is 46.4 Å². The number of nitrogens with zero attached hydrogens (tertiary/aromatic N) is 3. The molecule has 2 aliphatic rings. The number of piperazine rings is 1. The molecule has 43 heavy (non-hydrogen) atoms. The monoisotopic (exact) mass is 616 g/mol. The van der Waals surface area contributed by atoms with Crippen molar-refractivity contribution in [1.29, 1.82) is 0 Å². The number of methoxy groups -OCH3 is 1. The van der Waals surface area contributed by atoms with Crippen molar-refractivity contribution >= 4 is 35.9 Å². The second kappa shape index (κ2) is 13.9. The first-order chi connectivity index (χ1) is 19.9. The molecule has 2 aromatic rings. The highest BCUT2D eigenvalue weighted by Gasteiger charge is 2.39. The highest BCUT2D eigenvalue weighted by atomic mass is 35.5. The first kappa shape index (κ1) is 33.3. The molecular weight excluding hydrogens is 580 g/mol. The molecule has 3 heterocycles. The number of hydrogen-bond acceptors (Lipinski definition) is 10. The molecule has 0 radical (unpaired) electrons. The van der Waals surface area contributed by atoms with Crippen molar-refractivity contribution < 1.29 is 33.2 Å². The van der Waals surface area contributed by atoms with Crippen LogP contribution in [0.25, 0.3) is 0 Å². The molecule has 0 saturated carbocycles. The van der Waals surface area contributed by atoms with Crippen LogP contribution in [0.3, 0.4) is 0 Å². The average Bonchev–Trinajstić information content (AvgIpc) is 3.50. The third-order valence-corrected chi connectivity index (χ3v) is 7.44. The van der Waals surface area contributed by atoms with Crippen LogP contribution in [-0.2, 0) is 19.1 Å². The Kier molecular flexibility index (Phi) is 10.8. The second-order valence-corrected chi connectivity index (χ2v) is 11.3. The maximum atomic E-state index is 13.6. The Morgan fingerprint density at radius 1 is 1.05 bits per heavy atom. The van der Waals surface area contributed by atoms with E-state index < -0.39 is 28.2 Å². The van der Waals surface area contributed by atoms with E-state index in [9.17, 15) is 24.5 Å². The van der Waals surface area contributed by atoms with E-state index in [0.717, 1.165) is 0 Å². The van der Waals surface area contributed by atoms with Gasteiger partial charge in [0.2, 0.25) is 0 Å². The summed E-state index contributed by atoms with van der Waals surface area (Å²) in [4.78, 5) is 54.0. The average molecular weight is 617 g/mol. The van der Waals surface area contributed by atoms with Crippen molar-refractivity contribution in [2.45, 2.75) is 33.6 Å². The molecule has 232 valence electrons. The number of nitro groups is 1. The molecular formula is C30H37ClN4O8. The number of halogens is 1. The lowest BCUT2D eigenvalue weighted by Crippen LogP contribution is -2.51. The Labute approximate surface area is 256 Å². The minimum absolute atomic E-state index is 0. The fourth-order valence-electron chi connectivity index (χ4n) is 5.45. The lowest BCUT2D eigenvalue weighted by Gasteiger charge is -2.38. The smallest absolute Gasteiger partial charge is 0.336 e. The number of amides is 1. The summed E-state index contributed by atoms with van der Waals surface area (Å²) in [5, 5.41) is 14.6. The number of carbonyl (C=O) groups excluding carboxylic acids is 3. The predicted molar refractivity (Wildman–Crippen MR) is 159 cm³/mol. The molecule has 0 spiro atoms. The van der Waals surface area contributed by atoms with Crippen LogP contribution in [0.1, 0.15) is 49.7 Å². The molecule has 13 heteroatoms. The van der Waals surface area contributed by atoms with E-state index in [2.05, 4.69) is 10.2 Å². The highest BCUT2D eigenvalue weighted by Crippen LogP contribution is 2.40. The van der Waals surface area contributed by atoms with Gasteiger partial charge in [-0.3, -0.25) is 19.8 Å². The number of nitrogens with one attached hydrogen (secondary N) is 1. The summed E-state index contributed by atoms with van der Waals surface area (Å²) in [7, 11) is 1.24. The van der Waals surface area contributed by atoms with Crippen molar-refractivity contribution in [1.82, 2.24) is 15.1 Å². The molecule has 1 aromatic heterocycles. The normalized spacial score (nSPS) is 17.6. The fourth-order valence-corrected chi connectivity index (χ4v) is 5.45. The molecule has 1 saturated heterocycles. The molecule has 1 unspecified atom stereocenters. The van der Waals surface area contributed by atoms with E-state index in [1.165, 1.54) is 31.6 Å². The zero-order chi connectivity index (χ0) is 30.6. The van der Waals surface area contributed by atoms with Gasteiger partial charge in [0.25, 0.3) is 11.6 Å². The lowest BCUT2D eigenvalue weighted by molar-refractivity contribution is -0.384. The molecule has 1 amide bonds. The molecule has 12 nitrogen and oxygen atoms in total. The highest BCUT2D eigenvalue weighted by molar-refractivity contribution is 6.00. The van der Waals surface area contributed by atoms with Crippen LogP contribution < -0.4 is 5.32 Å². The summed E-state index contributed by atoms with van der Waals surface area (Å²) >= 11 is 0. The number of allylic oxidation sites excluding steroid dienone is 2. The predicted octanol–water partition coefficient (Wildman–Crippen LogP) is 4.04. The fraction of sp³-hybridized carbons (Fsp3) is 0.433. The lowest BCUT2D eigenvalue weighted by atomic mass is 9.80. The number of carbonyl (C=O) groups is 3. The van der Waals surface area contributed by atoms with E-state index in [1.54, 1.807) is 36.9 Å². The van der Waals surface area contributed by atoms with Gasteiger partial charge in [-0.1, -0.05) is 26.0 Å². The number of dihydropyridines is 1. The first-order valence-corrected chi connectivity index (χ1v) is 13.7. The zero-order valence-corrected chi connectivity index (χ0v) is 25.7. The second-order valence-electron chi connectivity index (χ2n) is 11.3. The van der Waals surface area contributed by atoms with Crippen LogP contribution in [0.4, 0.5) is 5.69 Å². The molecule has 1 fully saturated rings. The standard InChI is InChI=1S/C30H36N4O8.ClH/c1-19-24(28(36)40-5)26(21-8-6-9-22(16-21)34(38)39)25(20(2)31-19)29(37)42-18-30(3,4)17-32-11-13-33(14-12-32)27(35)23-10-7-15-41-23;/h6-10,15-16,26,31H,11-14,17-18H2,1-5H3;1H. The Hall–Kier alpha value is -4.16. The van der Waals surface area contributed by atoms with Gasteiger partial charge in [-0.15, -0.1) is 12.4 Å². The summed E-state index contributed by atoms with van der Waals surface area (Å²) in [5.41, 5.74) is 1.13. The first-order valence-electron chi connectivity index (χ1n) is 13.7. The molecule has 1 atom stereocenters. The number of hydrogen-bond donors (Lipinski definition) is 1. The van der Waals surface area contributed by atoms with E-state index in [1.807, 2.05) is 13.8 Å². The molecule has 1 N–H and O–H groups in total. The van der Waals surface area contributed by atoms with Crippen molar-refractivity contribution in [3.63, 3.8) is 0 Å². The summed E-state index contributed by atoms with van der Waals surface area (Å²) in [6, 6.07) is 9.20. The van der Waals surface area contributed by atoms with Gasteiger partial charge in [0.1, 0.15) is 0 Å². The van der Waals surface area contributed by atoms with Gasteiger partial charge in [0.15, 0.2) is 5.76 Å². The number of benzene rings is 1.